The fraction of sp³-hybridized carbons (Fsp3) is 1.00. The molecule has 3 nitrogen and oxygen atoms in total. The summed E-state index contributed by atoms with van der Waals surface area (Å²) in [4.78, 5) is 7.03. The summed E-state index contributed by atoms with van der Waals surface area (Å²) in [5.41, 5.74) is 0. The number of hydrogen-bond donors (Lipinski definition) is 0. The summed E-state index contributed by atoms with van der Waals surface area (Å²) in [7, 11) is 13.1. The summed E-state index contributed by atoms with van der Waals surface area (Å²) in [6, 6.07) is 0. The van der Waals surface area contributed by atoms with Gasteiger partial charge < -0.3 is 0 Å². The maximum absolute atomic E-state index is 2.34. The van der Waals surface area contributed by atoms with Crippen LogP contribution in [-0.2, 0) is 0 Å². The van der Waals surface area contributed by atoms with E-state index in [1.165, 1.54) is 16.1 Å². The van der Waals surface area contributed by atoms with Gasteiger partial charge in [-0.05, 0) is 0 Å². The van der Waals surface area contributed by atoms with E-state index in [0.717, 1.165) is 0 Å². The molecule has 0 saturated carbocycles. The molecule has 0 saturated heterocycles. The molecule has 0 aromatic carbocycles. The zero-order valence-corrected chi connectivity index (χ0v) is 12.5. The third-order valence-electron chi connectivity index (χ3n) is 1.87. The van der Waals surface area contributed by atoms with E-state index in [-0.39, 0.29) is 0 Å². The van der Waals surface area contributed by atoms with Crippen molar-refractivity contribution in [1.82, 2.24) is 14.7 Å². The van der Waals surface area contributed by atoms with Gasteiger partial charge in [0, 0.05) is 0 Å². The van der Waals surface area contributed by atoms with E-state index >= 15 is 0 Å². The molecule has 0 aromatic heterocycles. The first kappa shape index (κ1) is 13.4. The maximum atomic E-state index is 2.34. The van der Waals surface area contributed by atoms with Crippen molar-refractivity contribution in [2.24, 2.45) is 0 Å². The van der Waals surface area contributed by atoms with E-state index in [1.54, 1.807) is 0 Å². The molecule has 0 amide bonds. The fourth-order valence-corrected chi connectivity index (χ4v) is 8.95. The van der Waals surface area contributed by atoms with Gasteiger partial charge in [0.25, 0.3) is 0 Å². The topological polar surface area (TPSA) is 9.72 Å². The fourth-order valence-electron chi connectivity index (χ4n) is 1.72. The first-order valence-corrected chi connectivity index (χ1v) is 10.00. The van der Waals surface area contributed by atoms with Gasteiger partial charge in [-0.25, -0.2) is 0 Å². The Hall–Kier alpha value is 0.423. The first-order valence-electron chi connectivity index (χ1n) is 4.86. The van der Waals surface area contributed by atoms with Crippen LogP contribution in [0.4, 0.5) is 0 Å². The Kier molecular flexibility index (Phi) is 7.04. The Balaban J connectivity index is 3.87. The minimum absolute atomic E-state index is 1.11. The minimum atomic E-state index is -1.11. The molecule has 0 atom stereocenters. The van der Waals surface area contributed by atoms with Crippen LogP contribution in [0.5, 0.6) is 0 Å². The van der Waals surface area contributed by atoms with Gasteiger partial charge in [0.05, 0.1) is 0 Å². The summed E-state index contributed by atoms with van der Waals surface area (Å²) < 4.78 is 0. The molecule has 0 unspecified atom stereocenters. The van der Waals surface area contributed by atoms with Gasteiger partial charge in [-0.15, -0.1) is 0 Å². The molecule has 0 aliphatic heterocycles. The summed E-state index contributed by atoms with van der Waals surface area (Å²) in [5, 5.41) is 4.05. The second-order valence-electron chi connectivity index (χ2n) is 4.65. The molecule has 0 rings (SSSR count). The summed E-state index contributed by atoms with van der Waals surface area (Å²) in [6.07, 6.45) is 0. The molecule has 0 heterocycles. The quantitative estimate of drug-likeness (QED) is 0.587. The van der Waals surface area contributed by atoms with Crippen molar-refractivity contribution in [3.63, 3.8) is 0 Å². The van der Waals surface area contributed by atoms with E-state index < -0.39 is 14.3 Å². The predicted molar refractivity (Wildman–Crippen MR) is 62.8 cm³/mol. The van der Waals surface area contributed by atoms with Crippen LogP contribution in [0.1, 0.15) is 0 Å². The Morgan fingerprint density at radius 1 is 0.615 bits per heavy atom. The van der Waals surface area contributed by atoms with Crippen LogP contribution in [0.25, 0.3) is 0 Å². The van der Waals surface area contributed by atoms with Gasteiger partial charge in [0.2, 0.25) is 0 Å². The van der Waals surface area contributed by atoms with Crippen LogP contribution in [0.15, 0.2) is 0 Å². The van der Waals surface area contributed by atoms with Crippen LogP contribution in [0, 0.1) is 0 Å². The molecule has 13 heavy (non-hydrogen) atoms. The Morgan fingerprint density at radius 3 is 1.00 bits per heavy atom. The van der Waals surface area contributed by atoms with Crippen molar-refractivity contribution in [2.75, 3.05) is 58.4 Å². The van der Waals surface area contributed by atoms with Gasteiger partial charge >= 0.3 is 87.5 Å². The summed E-state index contributed by atoms with van der Waals surface area (Å²) >= 11 is -1.11. The monoisotopic (exact) mass is 249 g/mol. The van der Waals surface area contributed by atoms with E-state index in [4.69, 9.17) is 0 Å². The van der Waals surface area contributed by atoms with Gasteiger partial charge in [0.15, 0.2) is 0 Å². The van der Waals surface area contributed by atoms with Gasteiger partial charge in [-0.2, -0.15) is 0 Å². The SMILES string of the molecule is CN(C)[CH2][GeH]([CH2]N(C)C)[CH2]N(C)C. The van der Waals surface area contributed by atoms with Crippen LogP contribution >= 0.6 is 0 Å². The van der Waals surface area contributed by atoms with Gasteiger partial charge in [-0.3, -0.25) is 0 Å². The molecule has 0 aromatic rings. The molecule has 0 fully saturated rings. The molecule has 0 aliphatic rings. The van der Waals surface area contributed by atoms with Crippen molar-refractivity contribution in [3.8, 4) is 0 Å². The average Bonchev–Trinajstić information content (AvgIpc) is 1.80. The molecular formula is C9H25GeN3. The normalized spacial score (nSPS) is 12.5. The van der Waals surface area contributed by atoms with Crippen molar-refractivity contribution in [3.05, 3.63) is 0 Å². The molecule has 0 spiro atoms. The third-order valence-corrected chi connectivity index (χ3v) is 9.72. The van der Waals surface area contributed by atoms with Crippen molar-refractivity contribution in [2.45, 2.75) is 0 Å². The molecule has 4 heteroatoms. The van der Waals surface area contributed by atoms with Crippen LogP contribution in [-0.4, -0.2) is 87.5 Å². The molecule has 0 radical (unpaired) electrons. The Labute approximate surface area is 87.8 Å². The van der Waals surface area contributed by atoms with Crippen molar-refractivity contribution >= 4 is 14.3 Å². The Bertz CT molecular complexity index is 102. The number of hydrogen-bond acceptors (Lipinski definition) is 3. The van der Waals surface area contributed by atoms with Crippen molar-refractivity contribution < 1.29 is 0 Å². The average molecular weight is 248 g/mol. The molecular weight excluding hydrogens is 223 g/mol. The second kappa shape index (κ2) is 6.81. The summed E-state index contributed by atoms with van der Waals surface area (Å²) in [6.45, 7) is 0. The Morgan fingerprint density at radius 2 is 0.846 bits per heavy atom. The molecule has 0 bridgehead atoms. The van der Waals surface area contributed by atoms with E-state index in [9.17, 15) is 0 Å². The number of rotatable bonds is 6. The predicted octanol–water partition coefficient (Wildman–Crippen LogP) is -0.484. The first-order chi connectivity index (χ1) is 5.91. The molecule has 0 N–H and O–H groups in total. The number of nitrogens with zero attached hydrogens (tertiary/aromatic N) is 3. The molecule has 0 aliphatic carbocycles. The zero-order valence-electron chi connectivity index (χ0n) is 10.0. The van der Waals surface area contributed by atoms with Gasteiger partial charge in [-0.1, -0.05) is 0 Å². The third kappa shape index (κ3) is 8.74. The summed E-state index contributed by atoms with van der Waals surface area (Å²) in [5.74, 6) is 0. The van der Waals surface area contributed by atoms with Crippen LogP contribution in [0.2, 0.25) is 0 Å². The second-order valence-corrected chi connectivity index (χ2v) is 10.6. The standard InChI is InChI=1S/C9H25GeN3/c1-11(2)7-10(8-12(3)4)9-13(5)6/h10H,7-9H2,1-6H3. The van der Waals surface area contributed by atoms with Gasteiger partial charge in [0.1, 0.15) is 0 Å². The zero-order chi connectivity index (χ0) is 10.4. The van der Waals surface area contributed by atoms with E-state index in [0.29, 0.717) is 0 Å². The van der Waals surface area contributed by atoms with E-state index in [2.05, 4.69) is 57.0 Å². The van der Waals surface area contributed by atoms with E-state index in [1.807, 2.05) is 0 Å². The van der Waals surface area contributed by atoms with Crippen LogP contribution < -0.4 is 0 Å². The molecule has 80 valence electrons. The van der Waals surface area contributed by atoms with Crippen LogP contribution in [0.3, 0.4) is 0 Å². The van der Waals surface area contributed by atoms with Crippen molar-refractivity contribution in [1.29, 1.82) is 0 Å².